The van der Waals surface area contributed by atoms with E-state index in [4.69, 9.17) is 0 Å². The molecule has 3 aromatic heterocycles. The van der Waals surface area contributed by atoms with Crippen LogP contribution in [0.25, 0.3) is 50.0 Å². The zero-order valence-electron chi connectivity index (χ0n) is 16.7. The minimum Gasteiger partial charge on any atom is -0.353 e. The average Bonchev–Trinajstić information content (AvgIpc) is 3.43. The first kappa shape index (κ1) is 18.0. The Labute approximate surface area is 178 Å². The average molecular weight is 409 g/mol. The van der Waals surface area contributed by atoms with Crippen LogP contribution in [-0.2, 0) is 0 Å². The number of halogens is 1. The van der Waals surface area contributed by atoms with Crippen LogP contribution in [0, 0.1) is 5.82 Å². The summed E-state index contributed by atoms with van der Waals surface area (Å²) in [6.07, 6.45) is 5.10. The van der Waals surface area contributed by atoms with Crippen LogP contribution in [0.1, 0.15) is 12.0 Å². The van der Waals surface area contributed by atoms with Crippen molar-refractivity contribution in [3.05, 3.63) is 78.3 Å². The van der Waals surface area contributed by atoms with Crippen LogP contribution >= 0.6 is 0 Å². The molecule has 152 valence electrons. The second kappa shape index (κ2) is 7.18. The monoisotopic (exact) mass is 409 g/mol. The van der Waals surface area contributed by atoms with E-state index in [9.17, 15) is 4.39 Å². The maximum Gasteiger partial charge on any atom is 0.181 e. The Morgan fingerprint density at radius 1 is 0.935 bits per heavy atom. The summed E-state index contributed by atoms with van der Waals surface area (Å²) in [5.41, 5.74) is 7.30. The normalized spacial score (nSPS) is 14.3. The summed E-state index contributed by atoms with van der Waals surface area (Å²) >= 11 is 0. The van der Waals surface area contributed by atoms with Gasteiger partial charge in [0.2, 0.25) is 0 Å². The van der Waals surface area contributed by atoms with E-state index >= 15 is 0 Å². The van der Waals surface area contributed by atoms with E-state index in [-0.39, 0.29) is 5.82 Å². The fourth-order valence-electron chi connectivity index (χ4n) is 4.37. The van der Waals surface area contributed by atoms with E-state index in [1.807, 2.05) is 36.5 Å². The van der Waals surface area contributed by atoms with Gasteiger partial charge in [-0.2, -0.15) is 5.10 Å². The highest BCUT2D eigenvalue weighted by atomic mass is 19.1. The van der Waals surface area contributed by atoms with Gasteiger partial charge in [0.25, 0.3) is 0 Å². The van der Waals surface area contributed by atoms with E-state index in [2.05, 4.69) is 43.7 Å². The maximum absolute atomic E-state index is 14.5. The Hall–Kier alpha value is -3.77. The maximum atomic E-state index is 14.5. The number of nitrogens with one attached hydrogen (secondary N) is 3. The fraction of sp³-hybridized carbons (Fsp3) is 0.120. The Morgan fingerprint density at radius 2 is 1.84 bits per heavy atom. The molecule has 0 atom stereocenters. The number of fused-ring (bicyclic) bond motifs is 2. The van der Waals surface area contributed by atoms with Crippen LogP contribution in [0.3, 0.4) is 0 Å². The van der Waals surface area contributed by atoms with Gasteiger partial charge >= 0.3 is 0 Å². The number of H-pyrrole nitrogens is 2. The smallest absolute Gasteiger partial charge is 0.181 e. The predicted molar refractivity (Wildman–Crippen MR) is 122 cm³/mol. The van der Waals surface area contributed by atoms with Gasteiger partial charge < -0.3 is 10.3 Å². The van der Waals surface area contributed by atoms with Gasteiger partial charge in [-0.25, -0.2) is 9.37 Å². The van der Waals surface area contributed by atoms with E-state index in [0.29, 0.717) is 11.2 Å². The minimum atomic E-state index is -0.228. The zero-order chi connectivity index (χ0) is 20.8. The van der Waals surface area contributed by atoms with E-state index < -0.39 is 0 Å². The topological polar surface area (TPSA) is 69.4 Å². The quantitative estimate of drug-likeness (QED) is 0.379. The number of aromatic nitrogens is 4. The van der Waals surface area contributed by atoms with Crippen molar-refractivity contribution in [2.24, 2.45) is 0 Å². The summed E-state index contributed by atoms with van der Waals surface area (Å²) in [4.78, 5) is 8.04. The Morgan fingerprint density at radius 3 is 2.71 bits per heavy atom. The van der Waals surface area contributed by atoms with Gasteiger partial charge in [-0.15, -0.1) is 0 Å². The Balaban J connectivity index is 1.50. The van der Waals surface area contributed by atoms with Crippen LogP contribution in [0.5, 0.6) is 0 Å². The number of hydrogen-bond acceptors (Lipinski definition) is 3. The largest absolute Gasteiger partial charge is 0.353 e. The van der Waals surface area contributed by atoms with E-state index in [1.54, 1.807) is 6.07 Å². The molecular formula is C25H20FN5. The van der Waals surface area contributed by atoms with Crippen LogP contribution < -0.4 is 5.32 Å². The molecule has 6 heteroatoms. The molecule has 0 spiro atoms. The van der Waals surface area contributed by atoms with Crippen molar-refractivity contribution in [1.29, 1.82) is 0 Å². The molecule has 1 aliphatic heterocycles. The lowest BCUT2D eigenvalue weighted by Crippen LogP contribution is -2.20. The molecule has 0 aliphatic carbocycles. The van der Waals surface area contributed by atoms with Crippen LogP contribution in [0.4, 0.5) is 4.39 Å². The number of rotatable bonds is 3. The first-order valence-corrected chi connectivity index (χ1v) is 10.4. The Bertz CT molecular complexity index is 1460. The second-order valence-electron chi connectivity index (χ2n) is 7.81. The summed E-state index contributed by atoms with van der Waals surface area (Å²) in [6, 6.07) is 17.0. The van der Waals surface area contributed by atoms with Crippen molar-refractivity contribution in [1.82, 2.24) is 25.5 Å². The van der Waals surface area contributed by atoms with Crippen LogP contribution in [-0.4, -0.2) is 33.3 Å². The molecule has 3 N–H and O–H groups in total. The molecular weight excluding hydrogens is 389 g/mol. The van der Waals surface area contributed by atoms with Gasteiger partial charge in [-0.3, -0.25) is 5.10 Å². The molecule has 0 saturated carbocycles. The van der Waals surface area contributed by atoms with Gasteiger partial charge in [0.15, 0.2) is 5.65 Å². The summed E-state index contributed by atoms with van der Waals surface area (Å²) in [6.45, 7) is 1.86. The van der Waals surface area contributed by atoms with E-state index in [0.717, 1.165) is 58.3 Å². The lowest BCUT2D eigenvalue weighted by atomic mass is 10.00. The molecule has 0 fully saturated rings. The summed E-state index contributed by atoms with van der Waals surface area (Å²) in [5.74, 6) is -0.228. The predicted octanol–water partition coefficient (Wildman–Crippen LogP) is 5.29. The molecule has 4 heterocycles. The van der Waals surface area contributed by atoms with Crippen molar-refractivity contribution < 1.29 is 4.39 Å². The number of benzene rings is 2. The molecule has 1 aliphatic rings. The highest BCUT2D eigenvalue weighted by Gasteiger charge is 2.16. The molecule has 0 radical (unpaired) electrons. The summed E-state index contributed by atoms with van der Waals surface area (Å²) in [5, 5.41) is 12.8. The number of nitrogens with zero attached hydrogens (tertiary/aromatic N) is 2. The standard InChI is InChI=1S/C25H20FN5/c26-21-6-2-1-4-18(21)17-5-3-7-22-19(17)13-23(29-22)24-20-12-16(14-28-25(20)31-30-24)15-8-10-27-11-9-15/h1-8,12-14,27,29H,9-11H2,(H,28,30,31). The molecule has 2 aromatic carbocycles. The number of aromatic amines is 2. The van der Waals surface area contributed by atoms with Crippen molar-refractivity contribution in [3.8, 4) is 22.5 Å². The van der Waals surface area contributed by atoms with Gasteiger partial charge in [-0.1, -0.05) is 36.4 Å². The van der Waals surface area contributed by atoms with Gasteiger partial charge in [0.1, 0.15) is 5.82 Å². The van der Waals surface area contributed by atoms with Crippen molar-refractivity contribution in [3.63, 3.8) is 0 Å². The lowest BCUT2D eigenvalue weighted by molar-refractivity contribution is 0.631. The molecule has 31 heavy (non-hydrogen) atoms. The Kier molecular flexibility index (Phi) is 4.18. The fourth-order valence-corrected chi connectivity index (χ4v) is 4.37. The van der Waals surface area contributed by atoms with Crippen molar-refractivity contribution in [2.75, 3.05) is 13.1 Å². The third kappa shape index (κ3) is 3.04. The molecule has 6 rings (SSSR count). The van der Waals surface area contributed by atoms with E-state index in [1.165, 1.54) is 11.6 Å². The second-order valence-corrected chi connectivity index (χ2v) is 7.81. The SMILES string of the molecule is Fc1ccccc1-c1cccc2[nH]c(-c3[nH]nc4ncc(C5=CCNCC5)cc34)cc12. The molecule has 5 aromatic rings. The molecule has 0 unspecified atom stereocenters. The number of hydrogen-bond donors (Lipinski definition) is 3. The molecule has 0 bridgehead atoms. The van der Waals surface area contributed by atoms with Gasteiger partial charge in [0, 0.05) is 34.6 Å². The first-order valence-electron chi connectivity index (χ1n) is 10.4. The highest BCUT2D eigenvalue weighted by Crippen LogP contribution is 2.35. The molecule has 5 nitrogen and oxygen atoms in total. The van der Waals surface area contributed by atoms with Crippen molar-refractivity contribution in [2.45, 2.75) is 6.42 Å². The minimum absolute atomic E-state index is 0.228. The van der Waals surface area contributed by atoms with Crippen molar-refractivity contribution >= 4 is 27.5 Å². The summed E-state index contributed by atoms with van der Waals surface area (Å²) in [7, 11) is 0. The third-order valence-electron chi connectivity index (χ3n) is 5.94. The van der Waals surface area contributed by atoms with Gasteiger partial charge in [-0.05, 0) is 53.9 Å². The zero-order valence-corrected chi connectivity index (χ0v) is 16.7. The van der Waals surface area contributed by atoms with Gasteiger partial charge in [0.05, 0.1) is 11.4 Å². The number of pyridine rings is 1. The summed E-state index contributed by atoms with van der Waals surface area (Å²) < 4.78 is 14.5. The third-order valence-corrected chi connectivity index (χ3v) is 5.94. The molecule has 0 saturated heterocycles. The lowest BCUT2D eigenvalue weighted by Gasteiger charge is -2.13. The van der Waals surface area contributed by atoms with Crippen LogP contribution in [0.2, 0.25) is 0 Å². The van der Waals surface area contributed by atoms with Crippen LogP contribution in [0.15, 0.2) is 66.9 Å². The first-order chi connectivity index (χ1) is 15.3. The highest BCUT2D eigenvalue weighted by molar-refractivity contribution is 6.01. The molecule has 0 amide bonds.